The van der Waals surface area contributed by atoms with Crippen molar-refractivity contribution in [1.29, 1.82) is 5.26 Å². The lowest BCUT2D eigenvalue weighted by atomic mass is 10.2. The fraction of sp³-hybridized carbons (Fsp3) is 0.0667. The highest BCUT2D eigenvalue weighted by Crippen LogP contribution is 2.14. The van der Waals surface area contributed by atoms with Crippen molar-refractivity contribution in [2.24, 2.45) is 15.9 Å². The standard InChI is InChI=1S/C15H14N8O3/c1-26-11-5-3-2-4-9(11)7-20-23-15(25)10(6-16)21-22-14-12(13(17)24)18-8-19-14/h2-5,7-8,22H,1H3,(H2,17,24)(H,18,19)(H,23,25)/b20-7-,21-10-. The van der Waals surface area contributed by atoms with E-state index in [1.54, 1.807) is 30.3 Å². The average Bonchev–Trinajstić information content (AvgIpc) is 3.11. The molecule has 0 fully saturated rings. The molecule has 5 N–H and O–H groups in total. The van der Waals surface area contributed by atoms with E-state index in [4.69, 9.17) is 15.7 Å². The Balaban J connectivity index is 2.04. The molecule has 0 aliphatic heterocycles. The van der Waals surface area contributed by atoms with Crippen LogP contribution < -0.4 is 21.3 Å². The number of H-pyrrole nitrogens is 1. The molecule has 0 saturated heterocycles. The van der Waals surface area contributed by atoms with Gasteiger partial charge in [-0.15, -0.1) is 0 Å². The van der Waals surface area contributed by atoms with Crippen molar-refractivity contribution in [3.8, 4) is 11.8 Å². The number of benzene rings is 1. The molecule has 0 bridgehead atoms. The summed E-state index contributed by atoms with van der Waals surface area (Å²) in [4.78, 5) is 29.3. The van der Waals surface area contributed by atoms with E-state index in [2.05, 4.69) is 31.0 Å². The number of nitrogens with zero attached hydrogens (tertiary/aromatic N) is 4. The van der Waals surface area contributed by atoms with Crippen LogP contribution in [0.3, 0.4) is 0 Å². The number of rotatable bonds is 7. The second-order valence-electron chi connectivity index (χ2n) is 4.62. The Morgan fingerprint density at radius 3 is 2.88 bits per heavy atom. The Kier molecular flexibility index (Phi) is 6.00. The minimum atomic E-state index is -0.859. The van der Waals surface area contributed by atoms with Gasteiger partial charge in [0.15, 0.2) is 5.82 Å². The average molecular weight is 354 g/mol. The van der Waals surface area contributed by atoms with E-state index in [0.29, 0.717) is 11.3 Å². The van der Waals surface area contributed by atoms with Crippen molar-refractivity contribution >= 4 is 29.6 Å². The first-order valence-electron chi connectivity index (χ1n) is 7.10. The summed E-state index contributed by atoms with van der Waals surface area (Å²) in [6.07, 6.45) is 2.57. The first-order chi connectivity index (χ1) is 12.6. The third-order valence-electron chi connectivity index (χ3n) is 2.99. The van der Waals surface area contributed by atoms with E-state index in [0.717, 1.165) is 0 Å². The number of anilines is 1. The van der Waals surface area contributed by atoms with Gasteiger partial charge < -0.3 is 15.5 Å². The predicted octanol–water partition coefficient (Wildman–Crippen LogP) is -0.0410. The maximum atomic E-state index is 11.9. The maximum Gasteiger partial charge on any atom is 0.302 e. The number of carbonyl (C=O) groups excluding carboxylic acids is 2. The monoisotopic (exact) mass is 354 g/mol. The molecule has 0 saturated carbocycles. The van der Waals surface area contributed by atoms with Crippen LogP contribution in [0.5, 0.6) is 5.75 Å². The molecule has 132 valence electrons. The highest BCUT2D eigenvalue weighted by atomic mass is 16.5. The van der Waals surface area contributed by atoms with Crippen molar-refractivity contribution in [1.82, 2.24) is 15.4 Å². The van der Waals surface area contributed by atoms with Gasteiger partial charge in [0.05, 0.1) is 19.7 Å². The molecular weight excluding hydrogens is 340 g/mol. The van der Waals surface area contributed by atoms with E-state index < -0.39 is 17.5 Å². The van der Waals surface area contributed by atoms with Gasteiger partial charge in [-0.1, -0.05) is 12.1 Å². The van der Waals surface area contributed by atoms with Crippen LogP contribution in [0.4, 0.5) is 5.82 Å². The molecule has 0 aliphatic carbocycles. The summed E-state index contributed by atoms with van der Waals surface area (Å²) in [5.41, 5.74) is 9.68. The Hall–Kier alpha value is -4.20. The first-order valence-corrected chi connectivity index (χ1v) is 7.10. The number of hydrazone groups is 2. The topological polar surface area (TPSA) is 171 Å². The summed E-state index contributed by atoms with van der Waals surface area (Å²) in [6, 6.07) is 8.64. The molecule has 0 aliphatic rings. The second kappa shape index (κ2) is 8.60. The van der Waals surface area contributed by atoms with Crippen LogP contribution in [0, 0.1) is 11.3 Å². The molecule has 1 aromatic carbocycles. The minimum Gasteiger partial charge on any atom is -0.496 e. The third-order valence-corrected chi connectivity index (χ3v) is 2.99. The number of hydrogen-bond donors (Lipinski definition) is 4. The van der Waals surface area contributed by atoms with Crippen molar-refractivity contribution in [3.63, 3.8) is 0 Å². The van der Waals surface area contributed by atoms with E-state index >= 15 is 0 Å². The first kappa shape index (κ1) is 18.1. The second-order valence-corrected chi connectivity index (χ2v) is 4.62. The summed E-state index contributed by atoms with van der Waals surface area (Å²) in [5.74, 6) is -1.08. The number of para-hydroxylation sites is 1. The summed E-state index contributed by atoms with van der Waals surface area (Å²) in [7, 11) is 1.51. The summed E-state index contributed by atoms with van der Waals surface area (Å²) in [6.45, 7) is 0. The molecule has 1 aromatic heterocycles. The van der Waals surface area contributed by atoms with E-state index in [-0.39, 0.29) is 11.5 Å². The van der Waals surface area contributed by atoms with Crippen molar-refractivity contribution in [2.45, 2.75) is 0 Å². The number of aromatic amines is 1. The molecule has 0 radical (unpaired) electrons. The van der Waals surface area contributed by atoms with Crippen LogP contribution in [0.15, 0.2) is 40.8 Å². The van der Waals surface area contributed by atoms with Gasteiger partial charge >= 0.3 is 5.91 Å². The lowest BCUT2D eigenvalue weighted by Gasteiger charge is -2.03. The van der Waals surface area contributed by atoms with Crippen molar-refractivity contribution in [3.05, 3.63) is 41.9 Å². The van der Waals surface area contributed by atoms with Crippen LogP contribution in [0.25, 0.3) is 0 Å². The smallest absolute Gasteiger partial charge is 0.302 e. The summed E-state index contributed by atoms with van der Waals surface area (Å²) in [5, 5.41) is 16.4. The predicted molar refractivity (Wildman–Crippen MR) is 92.5 cm³/mol. The minimum absolute atomic E-state index is 0.0180. The van der Waals surface area contributed by atoms with Crippen LogP contribution in [-0.2, 0) is 4.79 Å². The number of ether oxygens (including phenoxy) is 1. The van der Waals surface area contributed by atoms with Crippen LogP contribution >= 0.6 is 0 Å². The zero-order valence-electron chi connectivity index (χ0n) is 13.6. The molecular formula is C15H14N8O3. The van der Waals surface area contributed by atoms with Gasteiger partial charge in [-0.05, 0) is 12.1 Å². The van der Waals surface area contributed by atoms with E-state index in [1.807, 2.05) is 0 Å². The normalized spacial score (nSPS) is 11.0. The molecule has 0 spiro atoms. The summed E-state index contributed by atoms with van der Waals surface area (Å²) < 4.78 is 5.14. The zero-order valence-corrected chi connectivity index (χ0v) is 13.6. The van der Waals surface area contributed by atoms with Crippen molar-refractivity contribution in [2.75, 3.05) is 12.5 Å². The number of hydrogen-bond acceptors (Lipinski definition) is 8. The molecule has 2 rings (SSSR count). The van der Waals surface area contributed by atoms with Gasteiger partial charge in [-0.25, -0.2) is 10.4 Å². The van der Waals surface area contributed by atoms with Gasteiger partial charge in [-0.3, -0.25) is 15.0 Å². The number of nitrogens with one attached hydrogen (secondary N) is 3. The van der Waals surface area contributed by atoms with Gasteiger partial charge in [0.1, 0.15) is 17.5 Å². The highest BCUT2D eigenvalue weighted by molar-refractivity contribution is 6.45. The number of imidazole rings is 1. The molecule has 0 atom stereocenters. The fourth-order valence-corrected chi connectivity index (χ4v) is 1.79. The number of aromatic nitrogens is 2. The maximum absolute atomic E-state index is 11.9. The molecule has 11 heteroatoms. The number of methoxy groups -OCH3 is 1. The van der Waals surface area contributed by atoms with Crippen molar-refractivity contribution < 1.29 is 14.3 Å². The van der Waals surface area contributed by atoms with Crippen LogP contribution in [0.2, 0.25) is 0 Å². The Labute approximate surface area is 147 Å². The number of primary amides is 1. The Bertz CT molecular complexity index is 910. The molecule has 2 aromatic rings. The van der Waals surface area contributed by atoms with Crippen LogP contribution in [0.1, 0.15) is 16.1 Å². The molecule has 0 unspecified atom stereocenters. The van der Waals surface area contributed by atoms with E-state index in [9.17, 15) is 9.59 Å². The fourth-order valence-electron chi connectivity index (χ4n) is 1.79. The number of amides is 2. The third kappa shape index (κ3) is 4.42. The van der Waals surface area contributed by atoms with Gasteiger partial charge in [0.2, 0.25) is 5.71 Å². The van der Waals surface area contributed by atoms with Gasteiger partial charge in [0, 0.05) is 5.56 Å². The Morgan fingerprint density at radius 2 is 2.19 bits per heavy atom. The zero-order chi connectivity index (χ0) is 18.9. The quantitative estimate of drug-likeness (QED) is 0.401. The number of nitrogens with two attached hydrogens (primary N) is 1. The summed E-state index contributed by atoms with van der Waals surface area (Å²) >= 11 is 0. The lowest BCUT2D eigenvalue weighted by Crippen LogP contribution is -2.27. The molecule has 11 nitrogen and oxygen atoms in total. The Morgan fingerprint density at radius 1 is 1.42 bits per heavy atom. The lowest BCUT2D eigenvalue weighted by molar-refractivity contribution is -0.114. The van der Waals surface area contributed by atoms with E-state index in [1.165, 1.54) is 19.7 Å². The largest absolute Gasteiger partial charge is 0.496 e. The molecule has 2 amide bonds. The molecule has 1 heterocycles. The van der Waals surface area contributed by atoms with Crippen LogP contribution in [-0.4, -0.2) is 40.8 Å². The van der Waals surface area contributed by atoms with Gasteiger partial charge in [-0.2, -0.15) is 15.5 Å². The van der Waals surface area contributed by atoms with Gasteiger partial charge in [0.25, 0.3) is 5.91 Å². The highest BCUT2D eigenvalue weighted by Gasteiger charge is 2.13. The number of nitriles is 1. The molecule has 26 heavy (non-hydrogen) atoms. The number of carbonyl (C=O) groups is 2. The SMILES string of the molecule is COc1ccccc1/C=N\NC(=O)/C(C#N)=N\Nc1nc[nH]c1C(N)=O.